The molecule has 0 radical (unpaired) electrons. The molecule has 2 aromatic rings. The maximum absolute atomic E-state index is 12.1. The molecule has 0 aliphatic heterocycles. The first-order valence-electron chi connectivity index (χ1n) is 10.1. The SMILES string of the molecule is CC(C)COC(=O)c1ccc(NC(=O)CCCOc2ccc(C(C)C)cc2)cc1. The van der Waals surface area contributed by atoms with Crippen LogP contribution in [0, 0.1) is 5.92 Å². The van der Waals surface area contributed by atoms with E-state index in [2.05, 4.69) is 31.3 Å². The number of amides is 1. The Morgan fingerprint density at radius 3 is 2.17 bits per heavy atom. The summed E-state index contributed by atoms with van der Waals surface area (Å²) >= 11 is 0. The van der Waals surface area contributed by atoms with E-state index in [-0.39, 0.29) is 11.9 Å². The van der Waals surface area contributed by atoms with Gasteiger partial charge in [-0.1, -0.05) is 39.8 Å². The van der Waals surface area contributed by atoms with Crippen LogP contribution >= 0.6 is 0 Å². The number of esters is 1. The normalized spacial score (nSPS) is 10.8. The Kier molecular flexibility index (Phi) is 8.71. The lowest BCUT2D eigenvalue weighted by molar-refractivity contribution is -0.116. The van der Waals surface area contributed by atoms with Gasteiger partial charge in [0.25, 0.3) is 0 Å². The number of carbonyl (C=O) groups is 2. The van der Waals surface area contributed by atoms with Gasteiger partial charge in [-0.2, -0.15) is 0 Å². The highest BCUT2D eigenvalue weighted by atomic mass is 16.5. The molecule has 0 atom stereocenters. The summed E-state index contributed by atoms with van der Waals surface area (Å²) in [6.45, 7) is 9.15. The van der Waals surface area contributed by atoms with E-state index in [0.29, 0.717) is 49.1 Å². The molecule has 0 bridgehead atoms. The number of nitrogens with one attached hydrogen (secondary N) is 1. The topological polar surface area (TPSA) is 64.6 Å². The van der Waals surface area contributed by atoms with E-state index in [0.717, 1.165) is 5.75 Å². The molecule has 0 spiro atoms. The Balaban J connectivity index is 1.70. The molecule has 5 heteroatoms. The van der Waals surface area contributed by atoms with E-state index >= 15 is 0 Å². The van der Waals surface area contributed by atoms with Gasteiger partial charge in [0.05, 0.1) is 18.8 Å². The van der Waals surface area contributed by atoms with Crippen LogP contribution in [-0.4, -0.2) is 25.1 Å². The van der Waals surface area contributed by atoms with Crippen molar-refractivity contribution in [2.75, 3.05) is 18.5 Å². The van der Waals surface area contributed by atoms with Gasteiger partial charge < -0.3 is 14.8 Å². The Morgan fingerprint density at radius 2 is 1.59 bits per heavy atom. The van der Waals surface area contributed by atoms with Crippen LogP contribution in [0.1, 0.15) is 62.4 Å². The van der Waals surface area contributed by atoms with Crippen molar-refractivity contribution in [1.29, 1.82) is 0 Å². The van der Waals surface area contributed by atoms with Gasteiger partial charge >= 0.3 is 5.97 Å². The summed E-state index contributed by atoms with van der Waals surface area (Å²) in [7, 11) is 0. The average Bonchev–Trinajstić information content (AvgIpc) is 2.70. The lowest BCUT2D eigenvalue weighted by Crippen LogP contribution is -2.13. The molecule has 29 heavy (non-hydrogen) atoms. The highest BCUT2D eigenvalue weighted by Gasteiger charge is 2.09. The molecule has 0 aliphatic carbocycles. The third kappa shape index (κ3) is 7.98. The number of carbonyl (C=O) groups excluding carboxylic acids is 2. The van der Waals surface area contributed by atoms with E-state index in [1.54, 1.807) is 24.3 Å². The molecular formula is C24H31NO4. The second kappa shape index (κ2) is 11.2. The molecule has 0 heterocycles. The van der Waals surface area contributed by atoms with E-state index < -0.39 is 0 Å². The van der Waals surface area contributed by atoms with Crippen LogP contribution in [0.2, 0.25) is 0 Å². The van der Waals surface area contributed by atoms with Gasteiger partial charge in [0.15, 0.2) is 0 Å². The van der Waals surface area contributed by atoms with Gasteiger partial charge in [0, 0.05) is 12.1 Å². The van der Waals surface area contributed by atoms with Crippen molar-refractivity contribution in [3.8, 4) is 5.75 Å². The maximum atomic E-state index is 12.1. The van der Waals surface area contributed by atoms with Crippen molar-refractivity contribution >= 4 is 17.6 Å². The van der Waals surface area contributed by atoms with Gasteiger partial charge in [-0.05, 0) is 60.2 Å². The highest BCUT2D eigenvalue weighted by Crippen LogP contribution is 2.19. The Labute approximate surface area is 173 Å². The number of benzene rings is 2. The first-order chi connectivity index (χ1) is 13.8. The van der Waals surface area contributed by atoms with Crippen LogP contribution in [0.3, 0.4) is 0 Å². The molecule has 0 aliphatic rings. The van der Waals surface area contributed by atoms with Crippen LogP contribution < -0.4 is 10.1 Å². The molecule has 2 rings (SSSR count). The van der Waals surface area contributed by atoms with Gasteiger partial charge in [0.2, 0.25) is 5.91 Å². The minimum atomic E-state index is -0.352. The van der Waals surface area contributed by atoms with E-state index in [4.69, 9.17) is 9.47 Å². The molecule has 0 unspecified atom stereocenters. The molecule has 0 aromatic heterocycles. The Morgan fingerprint density at radius 1 is 0.931 bits per heavy atom. The molecule has 156 valence electrons. The largest absolute Gasteiger partial charge is 0.494 e. The van der Waals surface area contributed by atoms with Gasteiger partial charge in [-0.25, -0.2) is 4.79 Å². The van der Waals surface area contributed by atoms with E-state index in [9.17, 15) is 9.59 Å². The fraction of sp³-hybridized carbons (Fsp3) is 0.417. The molecule has 5 nitrogen and oxygen atoms in total. The predicted octanol–water partition coefficient (Wildman–Crippen LogP) is 5.42. The molecule has 1 amide bonds. The monoisotopic (exact) mass is 397 g/mol. The summed E-state index contributed by atoms with van der Waals surface area (Å²) < 4.78 is 10.9. The summed E-state index contributed by atoms with van der Waals surface area (Å²) in [4.78, 5) is 24.0. The molecule has 2 aromatic carbocycles. The molecule has 0 saturated carbocycles. The fourth-order valence-electron chi connectivity index (χ4n) is 2.61. The summed E-state index contributed by atoms with van der Waals surface area (Å²) in [5.74, 6) is 1.16. The predicted molar refractivity (Wildman–Crippen MR) is 115 cm³/mol. The number of ether oxygens (including phenoxy) is 2. The zero-order chi connectivity index (χ0) is 21.2. The van der Waals surface area contributed by atoms with Crippen LogP contribution in [-0.2, 0) is 9.53 Å². The smallest absolute Gasteiger partial charge is 0.338 e. The second-order valence-corrected chi connectivity index (χ2v) is 7.79. The first-order valence-corrected chi connectivity index (χ1v) is 10.1. The van der Waals surface area contributed by atoms with Crippen LogP contribution in [0.4, 0.5) is 5.69 Å². The maximum Gasteiger partial charge on any atom is 0.338 e. The molecule has 0 fully saturated rings. The van der Waals surface area contributed by atoms with E-state index in [1.165, 1.54) is 5.56 Å². The fourth-order valence-corrected chi connectivity index (χ4v) is 2.61. The molecular weight excluding hydrogens is 366 g/mol. The van der Waals surface area contributed by atoms with Gasteiger partial charge in [-0.15, -0.1) is 0 Å². The zero-order valence-electron chi connectivity index (χ0n) is 17.7. The van der Waals surface area contributed by atoms with E-state index in [1.807, 2.05) is 26.0 Å². The van der Waals surface area contributed by atoms with Crippen molar-refractivity contribution in [3.05, 3.63) is 59.7 Å². The standard InChI is InChI=1S/C24H31NO4/c1-17(2)16-29-24(27)20-7-11-21(12-8-20)25-23(26)6-5-15-28-22-13-9-19(10-14-22)18(3)4/h7-14,17-18H,5-6,15-16H2,1-4H3,(H,25,26). The summed E-state index contributed by atoms with van der Waals surface area (Å²) in [5, 5.41) is 2.83. The first kappa shape index (κ1) is 22.5. The third-order valence-corrected chi connectivity index (χ3v) is 4.32. The molecule has 0 saturated heterocycles. The average molecular weight is 398 g/mol. The number of rotatable bonds is 10. The second-order valence-electron chi connectivity index (χ2n) is 7.79. The third-order valence-electron chi connectivity index (χ3n) is 4.32. The van der Waals surface area contributed by atoms with Crippen molar-refractivity contribution in [2.45, 2.75) is 46.5 Å². The van der Waals surface area contributed by atoms with Crippen LogP contribution in [0.25, 0.3) is 0 Å². The van der Waals surface area contributed by atoms with Crippen molar-refractivity contribution < 1.29 is 19.1 Å². The number of hydrogen-bond acceptors (Lipinski definition) is 4. The van der Waals surface area contributed by atoms with Gasteiger partial charge in [0.1, 0.15) is 5.75 Å². The highest BCUT2D eigenvalue weighted by molar-refractivity contribution is 5.93. The Bertz CT molecular complexity index is 780. The summed E-state index contributed by atoms with van der Waals surface area (Å²) in [6, 6.07) is 14.8. The summed E-state index contributed by atoms with van der Waals surface area (Å²) in [5.41, 5.74) is 2.40. The zero-order valence-corrected chi connectivity index (χ0v) is 17.7. The Hall–Kier alpha value is -2.82. The van der Waals surface area contributed by atoms with Crippen molar-refractivity contribution in [2.24, 2.45) is 5.92 Å². The lowest BCUT2D eigenvalue weighted by atomic mass is 10.0. The molecule has 1 N–H and O–H groups in total. The minimum Gasteiger partial charge on any atom is -0.494 e. The van der Waals surface area contributed by atoms with Crippen LogP contribution in [0.15, 0.2) is 48.5 Å². The number of hydrogen-bond donors (Lipinski definition) is 1. The van der Waals surface area contributed by atoms with Crippen molar-refractivity contribution in [3.63, 3.8) is 0 Å². The lowest BCUT2D eigenvalue weighted by Gasteiger charge is -2.10. The quantitative estimate of drug-likeness (QED) is 0.429. The van der Waals surface area contributed by atoms with Gasteiger partial charge in [-0.3, -0.25) is 4.79 Å². The number of anilines is 1. The van der Waals surface area contributed by atoms with Crippen LogP contribution in [0.5, 0.6) is 5.75 Å². The van der Waals surface area contributed by atoms with Crippen molar-refractivity contribution in [1.82, 2.24) is 0 Å². The minimum absolute atomic E-state index is 0.0844. The summed E-state index contributed by atoms with van der Waals surface area (Å²) in [6.07, 6.45) is 0.986.